The lowest BCUT2D eigenvalue weighted by Gasteiger charge is -1.72. The van der Waals surface area contributed by atoms with E-state index in [-0.39, 0.29) is 0 Å². The van der Waals surface area contributed by atoms with E-state index in [2.05, 4.69) is 20.4 Å². The molecule has 72 valence electrons. The first-order valence-electron chi connectivity index (χ1n) is 2.04. The van der Waals surface area contributed by atoms with Crippen molar-refractivity contribution in [1.82, 2.24) is 0 Å². The van der Waals surface area contributed by atoms with Crippen molar-refractivity contribution in [1.29, 1.82) is 0 Å². The maximum absolute atomic E-state index is 9.47. The van der Waals surface area contributed by atoms with Crippen molar-refractivity contribution in [3.8, 4) is 0 Å². The van der Waals surface area contributed by atoms with Crippen LogP contribution in [0.3, 0.4) is 0 Å². The summed E-state index contributed by atoms with van der Waals surface area (Å²) in [4.78, 5) is 9.47. The van der Waals surface area contributed by atoms with Gasteiger partial charge in [-0.1, -0.05) is 4.36 Å². The fraction of sp³-hybridized carbons (Fsp3) is 0. The zero-order valence-electron chi connectivity index (χ0n) is 5.54. The Kier molecular flexibility index (Phi) is 6.31. The van der Waals surface area contributed by atoms with Gasteiger partial charge in [-0.25, -0.2) is 15.1 Å². The number of rotatable bonds is 0. The van der Waals surface area contributed by atoms with Crippen molar-refractivity contribution in [3.63, 3.8) is 0 Å². The van der Waals surface area contributed by atoms with Gasteiger partial charge in [-0.15, -0.1) is 0 Å². The summed E-state index contributed by atoms with van der Waals surface area (Å²) in [6.45, 7) is 0. The molecule has 0 aromatic rings. The first kappa shape index (κ1) is 13.5. The molecule has 0 atom stereocenters. The largest absolute Gasteiger partial charge is 0.353 e. The minimum absolute atomic E-state index is 1.20. The average Bonchev–Trinajstić information content (AvgIpc) is 1.52. The quantitative estimate of drug-likeness (QED) is 0.399. The van der Waals surface area contributed by atoms with Crippen molar-refractivity contribution in [2.24, 2.45) is 20.4 Å². The normalized spacial score (nSPS) is 9.17. The molecule has 12 heavy (non-hydrogen) atoms. The van der Waals surface area contributed by atoms with Crippen LogP contribution >= 0.6 is 0 Å². The van der Waals surface area contributed by atoms with Crippen LogP contribution < -0.4 is 16.0 Å². The van der Waals surface area contributed by atoms with Crippen LogP contribution in [-0.4, -0.2) is 22.9 Å². The highest BCUT2D eigenvalue weighted by atomic mass is 32.2. The number of hydrogen-bond donors (Lipinski definition) is 3. The Hall–Kier alpha value is -1.04. The molecule has 0 bridgehead atoms. The lowest BCUT2D eigenvalue weighted by molar-refractivity contribution is 0.257. The second-order valence-electron chi connectivity index (χ2n) is 1.24. The molecule has 2 amide bonds. The number of hydrogen-bond acceptors (Lipinski definition) is 5. The van der Waals surface area contributed by atoms with Gasteiger partial charge in [-0.2, -0.15) is 16.8 Å². The molecule has 0 aromatic carbocycles. The molecular weight excluding hydrogens is 212 g/mol. The minimum Gasteiger partial charge on any atom is -0.349 e. The molecule has 0 radical (unpaired) electrons. The van der Waals surface area contributed by atoms with Crippen molar-refractivity contribution in [2.45, 2.75) is 0 Å². The molecule has 0 unspecified atom stereocenters. The van der Waals surface area contributed by atoms with Gasteiger partial charge in [-0.05, 0) is 0 Å². The molecular formula is CH6N4O5S2. The number of nitrogens with two attached hydrogens (primary N) is 3. The fourth-order valence-corrected chi connectivity index (χ4v) is 0.220. The highest BCUT2D eigenvalue weighted by Gasteiger charge is 1.80. The molecule has 0 spiro atoms. The Morgan fingerprint density at radius 1 is 1.25 bits per heavy atom. The van der Waals surface area contributed by atoms with Gasteiger partial charge in [0.05, 0.1) is 0 Å². The molecule has 0 aliphatic carbocycles. The summed E-state index contributed by atoms with van der Waals surface area (Å²) in [6, 6.07) is -1.20. The van der Waals surface area contributed by atoms with Crippen molar-refractivity contribution >= 4 is 26.7 Å². The Morgan fingerprint density at radius 2 is 1.50 bits per heavy atom. The van der Waals surface area contributed by atoms with E-state index in [4.69, 9.17) is 0 Å². The van der Waals surface area contributed by atoms with E-state index in [1.807, 2.05) is 0 Å². The molecule has 0 saturated carbocycles. The van der Waals surface area contributed by atoms with Crippen molar-refractivity contribution in [3.05, 3.63) is 0 Å². The van der Waals surface area contributed by atoms with E-state index < -0.39 is 26.7 Å². The average molecular weight is 218 g/mol. The number of carbonyl (C=O) groups is 1. The van der Waals surface area contributed by atoms with E-state index in [1.165, 1.54) is 0 Å². The van der Waals surface area contributed by atoms with Crippen molar-refractivity contribution < 1.29 is 21.6 Å². The summed E-state index contributed by atoms with van der Waals surface area (Å²) in [5.74, 6) is 0. The van der Waals surface area contributed by atoms with Crippen LogP contribution in [0.2, 0.25) is 0 Å². The Labute approximate surface area is 69.4 Å². The monoisotopic (exact) mass is 218 g/mol. The fourth-order valence-electron chi connectivity index (χ4n) is 0.0735. The molecule has 6 N–H and O–H groups in total. The van der Waals surface area contributed by atoms with Gasteiger partial charge >= 0.3 is 16.5 Å². The lowest BCUT2D eigenvalue weighted by atomic mass is 11.2. The third-order valence-electron chi connectivity index (χ3n) is 0.165. The van der Waals surface area contributed by atoms with Crippen LogP contribution in [-0.2, 0) is 20.7 Å². The molecule has 0 fully saturated rings. The maximum atomic E-state index is 9.47. The minimum atomic E-state index is -3.67. The van der Waals surface area contributed by atoms with Crippen LogP contribution in [0.4, 0.5) is 4.79 Å². The van der Waals surface area contributed by atoms with E-state index in [0.29, 0.717) is 0 Å². The SMILES string of the molecule is NC(=O)N=S(=O)=O.NS(N)(=O)=O. The highest BCUT2D eigenvalue weighted by Crippen LogP contribution is 1.60. The first-order valence-corrected chi connectivity index (χ1v) is 4.68. The number of carbonyl (C=O) groups excluding carboxylic acids is 1. The summed E-state index contributed by atoms with van der Waals surface area (Å²) in [5.41, 5.74) is 4.29. The van der Waals surface area contributed by atoms with Gasteiger partial charge in [0, 0.05) is 0 Å². The number of primary amides is 1. The van der Waals surface area contributed by atoms with Crippen LogP contribution in [0, 0.1) is 0 Å². The smallest absolute Gasteiger partial charge is 0.349 e. The summed E-state index contributed by atoms with van der Waals surface area (Å²) in [6.07, 6.45) is 0. The number of nitrogens with zero attached hydrogens (tertiary/aromatic N) is 1. The van der Waals surface area contributed by atoms with Crippen molar-refractivity contribution in [2.75, 3.05) is 0 Å². The van der Waals surface area contributed by atoms with Gasteiger partial charge in [0.2, 0.25) is 0 Å². The van der Waals surface area contributed by atoms with E-state index in [0.717, 1.165) is 0 Å². The van der Waals surface area contributed by atoms with E-state index in [9.17, 15) is 21.6 Å². The van der Waals surface area contributed by atoms with Crippen LogP contribution in [0.15, 0.2) is 4.36 Å². The molecule has 0 aliphatic rings. The van der Waals surface area contributed by atoms with Gasteiger partial charge in [0.15, 0.2) is 0 Å². The van der Waals surface area contributed by atoms with Gasteiger partial charge in [0.25, 0.3) is 10.2 Å². The zero-order valence-corrected chi connectivity index (χ0v) is 7.17. The Bertz CT molecular complexity index is 346. The van der Waals surface area contributed by atoms with E-state index in [1.54, 1.807) is 0 Å². The van der Waals surface area contributed by atoms with Gasteiger partial charge in [0.1, 0.15) is 0 Å². The van der Waals surface area contributed by atoms with Crippen LogP contribution in [0.25, 0.3) is 0 Å². The van der Waals surface area contributed by atoms with E-state index >= 15 is 0 Å². The third kappa shape index (κ3) is 64.8. The predicted molar refractivity (Wildman–Crippen MR) is 38.2 cm³/mol. The first-order chi connectivity index (χ1) is 5.13. The molecule has 11 heteroatoms. The molecule has 9 nitrogen and oxygen atoms in total. The standard InChI is InChI=1S/CH2N2O3S.H4N2O2S/c2-1(4)3-7(5)6;1-5(2,3)4/h(H2,2,4);(H4,1,2,3,4). The second kappa shape index (κ2) is 5.59. The maximum Gasteiger partial charge on any atom is 0.353 e. The summed E-state index contributed by atoms with van der Waals surface area (Å²) in [7, 11) is -6.36. The third-order valence-corrected chi connectivity index (χ3v) is 0.494. The highest BCUT2D eigenvalue weighted by molar-refractivity contribution is 7.86. The lowest BCUT2D eigenvalue weighted by Crippen LogP contribution is -2.21. The number of urea groups is 1. The predicted octanol–water partition coefficient (Wildman–Crippen LogP) is -2.72. The molecule has 0 saturated heterocycles. The molecule has 0 rings (SSSR count). The zero-order chi connectivity index (χ0) is 10.4. The summed E-state index contributed by atoms with van der Waals surface area (Å²) >= 11 is 0. The number of amides is 2. The molecule has 0 aliphatic heterocycles. The molecule has 0 aromatic heterocycles. The summed E-state index contributed by atoms with van der Waals surface area (Å²) in [5, 5.41) is 8.21. The topological polar surface area (TPSA) is 176 Å². The van der Waals surface area contributed by atoms with Gasteiger partial charge < -0.3 is 5.73 Å². The Morgan fingerprint density at radius 3 is 1.50 bits per heavy atom. The summed E-state index contributed by atoms with van der Waals surface area (Å²) < 4.78 is 39.4. The van der Waals surface area contributed by atoms with Crippen LogP contribution in [0.1, 0.15) is 0 Å². The Balaban J connectivity index is 0. The second-order valence-corrected chi connectivity index (χ2v) is 3.03. The van der Waals surface area contributed by atoms with Crippen LogP contribution in [0.5, 0.6) is 0 Å². The molecule has 0 heterocycles. The van der Waals surface area contributed by atoms with Gasteiger partial charge in [-0.3, -0.25) is 0 Å².